The van der Waals surface area contributed by atoms with E-state index in [9.17, 15) is 14.9 Å². The van der Waals surface area contributed by atoms with Crippen molar-refractivity contribution in [1.82, 2.24) is 5.32 Å². The molecule has 0 radical (unpaired) electrons. The van der Waals surface area contributed by atoms with E-state index in [1.54, 1.807) is 18.2 Å². The van der Waals surface area contributed by atoms with Crippen molar-refractivity contribution in [3.63, 3.8) is 0 Å². The van der Waals surface area contributed by atoms with Gasteiger partial charge in [0, 0.05) is 11.0 Å². The molecule has 8 heteroatoms. The van der Waals surface area contributed by atoms with E-state index in [-0.39, 0.29) is 23.9 Å². The Morgan fingerprint density at radius 2 is 2.08 bits per heavy atom. The summed E-state index contributed by atoms with van der Waals surface area (Å²) in [6.07, 6.45) is 1.48. The quantitative estimate of drug-likeness (QED) is 0.501. The van der Waals surface area contributed by atoms with E-state index in [4.69, 9.17) is 9.47 Å². The summed E-state index contributed by atoms with van der Waals surface area (Å²) in [5, 5.41) is 13.8. The number of nitrogens with zero attached hydrogens (tertiary/aromatic N) is 1. The third-order valence-corrected chi connectivity index (χ3v) is 4.43. The molecule has 1 amide bonds. The molecule has 0 unspecified atom stereocenters. The molecule has 1 atom stereocenters. The first-order valence-electron chi connectivity index (χ1n) is 7.57. The number of nitrogens with one attached hydrogen (secondary N) is 1. The van der Waals surface area contributed by atoms with Crippen LogP contribution in [-0.2, 0) is 0 Å². The van der Waals surface area contributed by atoms with Gasteiger partial charge < -0.3 is 14.8 Å². The Hall–Kier alpha value is -2.74. The number of nitro groups is 1. The minimum absolute atomic E-state index is 0.0361. The topological polar surface area (TPSA) is 90.7 Å². The van der Waals surface area contributed by atoms with Crippen molar-refractivity contribution >= 4 is 23.4 Å². The fourth-order valence-electron chi connectivity index (χ4n) is 2.45. The maximum Gasteiger partial charge on any atom is 0.282 e. The van der Waals surface area contributed by atoms with Gasteiger partial charge in [0.15, 0.2) is 11.5 Å². The standard InChI is InChI=1S/C17H16N2O5S/c1-25-12-6-7-14(19(21)22)13(8-12)17(20)18-9-11-10-23-15-4-2-3-5-16(15)24-11/h2-8,11H,9-10H2,1H3,(H,18,20)/t11-/m1/s1. The molecule has 130 valence electrons. The molecule has 0 bridgehead atoms. The number of amides is 1. The summed E-state index contributed by atoms with van der Waals surface area (Å²) in [5.41, 5.74) is -0.185. The van der Waals surface area contributed by atoms with Crippen LogP contribution in [-0.4, -0.2) is 36.3 Å². The normalized spacial score (nSPS) is 15.5. The highest BCUT2D eigenvalue weighted by molar-refractivity contribution is 7.98. The second-order valence-corrected chi connectivity index (χ2v) is 6.23. The Morgan fingerprint density at radius 3 is 2.80 bits per heavy atom. The van der Waals surface area contributed by atoms with Crippen molar-refractivity contribution in [3.05, 3.63) is 58.1 Å². The van der Waals surface area contributed by atoms with Crippen LogP contribution >= 0.6 is 11.8 Å². The summed E-state index contributed by atoms with van der Waals surface area (Å²) in [5.74, 6) is 0.766. The molecule has 1 aliphatic heterocycles. The van der Waals surface area contributed by atoms with Crippen molar-refractivity contribution < 1.29 is 19.2 Å². The van der Waals surface area contributed by atoms with Gasteiger partial charge in [-0.15, -0.1) is 11.8 Å². The zero-order valence-corrected chi connectivity index (χ0v) is 14.2. The first-order chi connectivity index (χ1) is 12.1. The SMILES string of the molecule is CSc1ccc([N+](=O)[O-])c(C(=O)NC[C@@H]2COc3ccccc3O2)c1. The smallest absolute Gasteiger partial charge is 0.282 e. The second-order valence-electron chi connectivity index (χ2n) is 5.35. The number of carbonyl (C=O) groups is 1. The van der Waals surface area contributed by atoms with Crippen LogP contribution in [0.25, 0.3) is 0 Å². The largest absolute Gasteiger partial charge is 0.486 e. The van der Waals surface area contributed by atoms with Crippen LogP contribution < -0.4 is 14.8 Å². The summed E-state index contributed by atoms with van der Waals surface area (Å²) in [6.45, 7) is 0.484. The minimum atomic E-state index is -0.560. The molecule has 25 heavy (non-hydrogen) atoms. The molecule has 3 rings (SSSR count). The number of rotatable bonds is 5. The number of para-hydroxylation sites is 2. The van der Waals surface area contributed by atoms with Crippen LogP contribution in [0.3, 0.4) is 0 Å². The van der Waals surface area contributed by atoms with Crippen LogP contribution in [0.1, 0.15) is 10.4 Å². The van der Waals surface area contributed by atoms with Crippen molar-refractivity contribution in [1.29, 1.82) is 0 Å². The zero-order valence-electron chi connectivity index (χ0n) is 13.4. The van der Waals surface area contributed by atoms with E-state index in [1.165, 1.54) is 23.9 Å². The summed E-state index contributed by atoms with van der Waals surface area (Å²) in [4.78, 5) is 23.8. The van der Waals surface area contributed by atoms with Gasteiger partial charge in [0.05, 0.1) is 11.5 Å². The molecule has 0 saturated heterocycles. The highest BCUT2D eigenvalue weighted by Crippen LogP contribution is 2.30. The average molecular weight is 360 g/mol. The Labute approximate surface area is 148 Å². The fourth-order valence-corrected chi connectivity index (χ4v) is 2.89. The Bertz CT molecular complexity index is 811. The number of carbonyl (C=O) groups excluding carboxylic acids is 1. The van der Waals surface area contributed by atoms with Gasteiger partial charge in [-0.2, -0.15) is 0 Å². The van der Waals surface area contributed by atoms with E-state index in [2.05, 4.69) is 5.32 Å². The maximum atomic E-state index is 12.4. The lowest BCUT2D eigenvalue weighted by Gasteiger charge is -2.26. The molecular weight excluding hydrogens is 344 g/mol. The number of ether oxygens (including phenoxy) is 2. The third-order valence-electron chi connectivity index (χ3n) is 3.70. The molecule has 2 aromatic rings. The van der Waals surface area contributed by atoms with E-state index < -0.39 is 10.8 Å². The van der Waals surface area contributed by atoms with E-state index in [0.29, 0.717) is 18.1 Å². The first kappa shape index (κ1) is 17.1. The van der Waals surface area contributed by atoms with Crippen LogP contribution in [0, 0.1) is 10.1 Å². The van der Waals surface area contributed by atoms with E-state index in [0.717, 1.165) is 4.90 Å². The summed E-state index contributed by atoms with van der Waals surface area (Å²) in [6, 6.07) is 11.8. The average Bonchev–Trinajstić information content (AvgIpc) is 2.65. The molecule has 0 saturated carbocycles. The van der Waals surface area contributed by atoms with Gasteiger partial charge in [-0.3, -0.25) is 14.9 Å². The molecule has 1 N–H and O–H groups in total. The third kappa shape index (κ3) is 3.85. The van der Waals surface area contributed by atoms with Crippen molar-refractivity contribution in [3.8, 4) is 11.5 Å². The maximum absolute atomic E-state index is 12.4. The monoisotopic (exact) mass is 360 g/mol. The highest BCUT2D eigenvalue weighted by atomic mass is 32.2. The van der Waals surface area contributed by atoms with Gasteiger partial charge in [-0.05, 0) is 30.5 Å². The minimum Gasteiger partial charge on any atom is -0.486 e. The van der Waals surface area contributed by atoms with Crippen molar-refractivity contribution in [2.75, 3.05) is 19.4 Å². The predicted octanol–water partition coefficient (Wildman–Crippen LogP) is 2.89. The van der Waals surface area contributed by atoms with E-state index >= 15 is 0 Å². The molecule has 0 aliphatic carbocycles. The molecule has 0 spiro atoms. The van der Waals surface area contributed by atoms with Crippen molar-refractivity contribution in [2.45, 2.75) is 11.0 Å². The number of nitro benzene ring substituents is 1. The lowest BCUT2D eigenvalue weighted by molar-refractivity contribution is -0.385. The van der Waals surface area contributed by atoms with Crippen molar-refractivity contribution in [2.24, 2.45) is 0 Å². The number of benzene rings is 2. The number of fused-ring (bicyclic) bond motifs is 1. The summed E-state index contributed by atoms with van der Waals surface area (Å²) < 4.78 is 11.3. The summed E-state index contributed by atoms with van der Waals surface area (Å²) >= 11 is 1.41. The molecular formula is C17H16N2O5S. The van der Waals surface area contributed by atoms with Crippen LogP contribution in [0.5, 0.6) is 11.5 Å². The van der Waals surface area contributed by atoms with Gasteiger partial charge in [-0.25, -0.2) is 0 Å². The van der Waals surface area contributed by atoms with Gasteiger partial charge in [0.1, 0.15) is 18.3 Å². The second kappa shape index (κ2) is 7.43. The highest BCUT2D eigenvalue weighted by Gasteiger charge is 2.24. The lowest BCUT2D eigenvalue weighted by Crippen LogP contribution is -2.40. The van der Waals surface area contributed by atoms with Crippen LogP contribution in [0.2, 0.25) is 0 Å². The predicted molar refractivity (Wildman–Crippen MR) is 93.6 cm³/mol. The van der Waals surface area contributed by atoms with Gasteiger partial charge >= 0.3 is 0 Å². The Morgan fingerprint density at radius 1 is 1.32 bits per heavy atom. The van der Waals surface area contributed by atoms with Gasteiger partial charge in [0.2, 0.25) is 0 Å². The molecule has 0 aromatic heterocycles. The number of thioether (sulfide) groups is 1. The summed E-state index contributed by atoms with van der Waals surface area (Å²) in [7, 11) is 0. The van der Waals surface area contributed by atoms with Crippen LogP contribution in [0.4, 0.5) is 5.69 Å². The van der Waals surface area contributed by atoms with Crippen LogP contribution in [0.15, 0.2) is 47.4 Å². The fraction of sp³-hybridized carbons (Fsp3) is 0.235. The first-order valence-corrected chi connectivity index (χ1v) is 8.80. The molecule has 0 fully saturated rings. The molecule has 7 nitrogen and oxygen atoms in total. The zero-order chi connectivity index (χ0) is 17.8. The Balaban J connectivity index is 1.68. The molecule has 2 aromatic carbocycles. The van der Waals surface area contributed by atoms with Gasteiger partial charge in [0.25, 0.3) is 11.6 Å². The molecule has 1 heterocycles. The Kier molecular flexibility index (Phi) is 5.08. The lowest BCUT2D eigenvalue weighted by atomic mass is 10.1. The number of hydrogen-bond acceptors (Lipinski definition) is 6. The number of hydrogen-bond donors (Lipinski definition) is 1. The molecule has 1 aliphatic rings. The van der Waals surface area contributed by atoms with Gasteiger partial charge in [-0.1, -0.05) is 12.1 Å². The van der Waals surface area contributed by atoms with E-state index in [1.807, 2.05) is 18.4 Å².